The van der Waals surface area contributed by atoms with Crippen LogP contribution in [0, 0.1) is 5.92 Å². The molecule has 1 atom stereocenters. The SMILES string of the molecule is O=C(O)c1ccc(-c2ccccc2CC2C(=O)C3CCN2CC3)cc1. The molecule has 3 fully saturated rings. The van der Waals surface area contributed by atoms with Crippen LogP contribution in [0.25, 0.3) is 11.1 Å². The number of rotatable bonds is 4. The second kappa shape index (κ2) is 6.45. The van der Waals surface area contributed by atoms with Gasteiger partial charge in [-0.15, -0.1) is 0 Å². The molecule has 25 heavy (non-hydrogen) atoms. The minimum absolute atomic E-state index is 0.00746. The van der Waals surface area contributed by atoms with Crippen LogP contribution in [0.1, 0.15) is 28.8 Å². The molecule has 2 aromatic carbocycles. The fraction of sp³-hybridized carbons (Fsp3) is 0.333. The van der Waals surface area contributed by atoms with E-state index in [0.717, 1.165) is 49.0 Å². The van der Waals surface area contributed by atoms with E-state index in [-0.39, 0.29) is 17.5 Å². The lowest BCUT2D eigenvalue weighted by atomic mass is 9.79. The van der Waals surface area contributed by atoms with Crippen LogP contribution in [0.5, 0.6) is 0 Å². The summed E-state index contributed by atoms with van der Waals surface area (Å²) in [6, 6.07) is 15.1. The van der Waals surface area contributed by atoms with E-state index < -0.39 is 5.97 Å². The Bertz CT molecular complexity index is 804. The number of aromatic carboxylic acids is 1. The highest BCUT2D eigenvalue weighted by Gasteiger charge is 2.40. The molecule has 4 nitrogen and oxygen atoms in total. The standard InChI is InChI=1S/C21H21NO3/c23-20-15-9-11-22(12-10-15)19(20)13-17-3-1-2-4-18(17)14-5-7-16(8-6-14)21(24)25/h1-8,15,19H,9-13H2,(H,24,25). The first-order valence-electron chi connectivity index (χ1n) is 8.83. The van der Waals surface area contributed by atoms with Crippen LogP contribution in [0.4, 0.5) is 0 Å². The van der Waals surface area contributed by atoms with Gasteiger partial charge < -0.3 is 5.11 Å². The van der Waals surface area contributed by atoms with E-state index in [1.807, 2.05) is 30.3 Å². The van der Waals surface area contributed by atoms with Gasteiger partial charge in [0.15, 0.2) is 5.78 Å². The van der Waals surface area contributed by atoms with Crippen molar-refractivity contribution in [3.05, 3.63) is 59.7 Å². The van der Waals surface area contributed by atoms with Crippen LogP contribution in [0.2, 0.25) is 0 Å². The first kappa shape index (κ1) is 16.0. The Kier molecular flexibility index (Phi) is 4.14. The molecule has 0 spiro atoms. The Morgan fingerprint density at radius 1 is 1.04 bits per heavy atom. The maximum absolute atomic E-state index is 12.7. The molecule has 1 unspecified atom stereocenters. The normalized spacial score (nSPS) is 25.1. The van der Waals surface area contributed by atoms with Gasteiger partial charge in [-0.25, -0.2) is 4.79 Å². The average Bonchev–Trinajstić information content (AvgIpc) is 2.65. The van der Waals surface area contributed by atoms with Crippen LogP contribution in [0.15, 0.2) is 48.5 Å². The predicted octanol–water partition coefficient (Wildman–Crippen LogP) is 3.26. The summed E-state index contributed by atoms with van der Waals surface area (Å²) in [7, 11) is 0. The number of ketones is 1. The summed E-state index contributed by atoms with van der Waals surface area (Å²) in [5, 5.41) is 9.06. The second-order valence-corrected chi connectivity index (χ2v) is 6.97. The summed E-state index contributed by atoms with van der Waals surface area (Å²) in [4.78, 5) is 26.0. The number of piperidine rings is 3. The summed E-state index contributed by atoms with van der Waals surface area (Å²) < 4.78 is 0. The maximum Gasteiger partial charge on any atom is 0.335 e. The third-order valence-electron chi connectivity index (χ3n) is 5.57. The highest BCUT2D eigenvalue weighted by atomic mass is 16.4. The number of carbonyl (C=O) groups is 2. The molecule has 1 N–H and O–H groups in total. The summed E-state index contributed by atoms with van der Waals surface area (Å²) in [5.74, 6) is -0.276. The third-order valence-corrected chi connectivity index (χ3v) is 5.57. The van der Waals surface area contributed by atoms with Crippen LogP contribution in [-0.2, 0) is 11.2 Å². The van der Waals surface area contributed by atoms with Crippen molar-refractivity contribution in [2.45, 2.75) is 25.3 Å². The number of hydrogen-bond acceptors (Lipinski definition) is 3. The largest absolute Gasteiger partial charge is 0.478 e. The number of Topliss-reactive ketones (excluding diaryl/α,β-unsaturated/α-hetero) is 1. The summed E-state index contributed by atoms with van der Waals surface area (Å²) in [6.07, 6.45) is 2.74. The maximum atomic E-state index is 12.7. The Labute approximate surface area is 147 Å². The molecule has 2 aromatic rings. The molecule has 0 radical (unpaired) electrons. The zero-order valence-corrected chi connectivity index (χ0v) is 14.0. The number of hydrogen-bond donors (Lipinski definition) is 1. The number of carboxylic acids is 1. The van der Waals surface area contributed by atoms with E-state index in [0.29, 0.717) is 5.78 Å². The minimum Gasteiger partial charge on any atom is -0.478 e. The van der Waals surface area contributed by atoms with Gasteiger partial charge in [0.05, 0.1) is 11.6 Å². The average molecular weight is 335 g/mol. The smallest absolute Gasteiger partial charge is 0.335 e. The molecule has 0 aliphatic carbocycles. The Balaban J connectivity index is 1.63. The molecule has 2 bridgehead atoms. The van der Waals surface area contributed by atoms with Crippen molar-refractivity contribution in [1.29, 1.82) is 0 Å². The number of carbonyl (C=O) groups excluding carboxylic acids is 1. The first-order chi connectivity index (χ1) is 12.1. The molecule has 3 heterocycles. The van der Waals surface area contributed by atoms with Crippen LogP contribution < -0.4 is 0 Å². The zero-order valence-electron chi connectivity index (χ0n) is 14.0. The van der Waals surface area contributed by atoms with E-state index >= 15 is 0 Å². The minimum atomic E-state index is -0.920. The molecule has 3 aliphatic rings. The monoisotopic (exact) mass is 335 g/mol. The Morgan fingerprint density at radius 2 is 1.72 bits per heavy atom. The molecule has 0 aromatic heterocycles. The van der Waals surface area contributed by atoms with Crippen LogP contribution >= 0.6 is 0 Å². The number of fused-ring (bicyclic) bond motifs is 3. The summed E-state index contributed by atoms with van der Waals surface area (Å²) in [5.41, 5.74) is 3.50. The number of carboxylic acid groups (broad SMARTS) is 1. The molecule has 4 heteroatoms. The van der Waals surface area contributed by atoms with Gasteiger partial charge in [-0.1, -0.05) is 36.4 Å². The molecule has 3 saturated heterocycles. The van der Waals surface area contributed by atoms with Crippen LogP contribution in [0.3, 0.4) is 0 Å². The highest BCUT2D eigenvalue weighted by molar-refractivity contribution is 5.89. The van der Waals surface area contributed by atoms with E-state index in [1.165, 1.54) is 0 Å². The molecule has 0 saturated carbocycles. The quantitative estimate of drug-likeness (QED) is 0.932. The van der Waals surface area contributed by atoms with Gasteiger partial charge in [0.2, 0.25) is 0 Å². The molecular weight excluding hydrogens is 314 g/mol. The molecule has 3 aliphatic heterocycles. The lowest BCUT2D eigenvalue weighted by Crippen LogP contribution is -2.56. The second-order valence-electron chi connectivity index (χ2n) is 6.97. The van der Waals surface area contributed by atoms with Crippen molar-refractivity contribution >= 4 is 11.8 Å². The number of benzene rings is 2. The fourth-order valence-corrected chi connectivity index (χ4v) is 4.16. The Hall–Kier alpha value is -2.46. The van der Waals surface area contributed by atoms with Crippen molar-refractivity contribution in [2.24, 2.45) is 5.92 Å². The molecule has 0 amide bonds. The lowest BCUT2D eigenvalue weighted by molar-refractivity contribution is -0.136. The van der Waals surface area contributed by atoms with Crippen LogP contribution in [-0.4, -0.2) is 40.9 Å². The van der Waals surface area contributed by atoms with Crippen molar-refractivity contribution in [1.82, 2.24) is 4.90 Å². The summed E-state index contributed by atoms with van der Waals surface area (Å²) in [6.45, 7) is 2.05. The van der Waals surface area contributed by atoms with Gasteiger partial charge in [-0.05, 0) is 61.2 Å². The molecule has 5 rings (SSSR count). The predicted molar refractivity (Wildman–Crippen MR) is 95.6 cm³/mol. The van der Waals surface area contributed by atoms with Gasteiger partial charge in [0.1, 0.15) is 0 Å². The lowest BCUT2D eigenvalue weighted by Gasteiger charge is -2.44. The fourth-order valence-electron chi connectivity index (χ4n) is 4.16. The van der Waals surface area contributed by atoms with Gasteiger partial charge >= 0.3 is 5.97 Å². The first-order valence-corrected chi connectivity index (χ1v) is 8.83. The van der Waals surface area contributed by atoms with E-state index in [4.69, 9.17) is 5.11 Å². The van der Waals surface area contributed by atoms with Crippen molar-refractivity contribution < 1.29 is 14.7 Å². The van der Waals surface area contributed by atoms with E-state index in [2.05, 4.69) is 11.0 Å². The number of nitrogens with zero attached hydrogens (tertiary/aromatic N) is 1. The zero-order chi connectivity index (χ0) is 17.4. The van der Waals surface area contributed by atoms with Gasteiger partial charge in [0.25, 0.3) is 0 Å². The highest BCUT2D eigenvalue weighted by Crippen LogP contribution is 2.33. The van der Waals surface area contributed by atoms with Crippen molar-refractivity contribution in [2.75, 3.05) is 13.1 Å². The van der Waals surface area contributed by atoms with Gasteiger partial charge in [0, 0.05) is 5.92 Å². The topological polar surface area (TPSA) is 57.6 Å². The van der Waals surface area contributed by atoms with E-state index in [1.54, 1.807) is 12.1 Å². The van der Waals surface area contributed by atoms with Gasteiger partial charge in [-0.3, -0.25) is 9.69 Å². The van der Waals surface area contributed by atoms with Crippen molar-refractivity contribution in [3.8, 4) is 11.1 Å². The van der Waals surface area contributed by atoms with Gasteiger partial charge in [-0.2, -0.15) is 0 Å². The summed E-state index contributed by atoms with van der Waals surface area (Å²) >= 11 is 0. The molecular formula is C21H21NO3. The molecule has 128 valence electrons. The third kappa shape index (κ3) is 2.98. The van der Waals surface area contributed by atoms with E-state index in [9.17, 15) is 9.59 Å². The Morgan fingerprint density at radius 3 is 2.36 bits per heavy atom. The van der Waals surface area contributed by atoms with Crippen molar-refractivity contribution in [3.63, 3.8) is 0 Å².